The van der Waals surface area contributed by atoms with Gasteiger partial charge in [-0.1, -0.05) is 25.1 Å². The van der Waals surface area contributed by atoms with E-state index in [-0.39, 0.29) is 11.5 Å². The van der Waals surface area contributed by atoms with E-state index in [1.54, 1.807) is 0 Å². The Morgan fingerprint density at radius 2 is 1.88 bits per heavy atom. The fourth-order valence-corrected chi connectivity index (χ4v) is 4.18. The third-order valence-electron chi connectivity index (χ3n) is 4.87. The maximum absolute atomic E-state index is 13.0. The number of benzene rings is 1. The Morgan fingerprint density at radius 1 is 1.23 bits per heavy atom. The van der Waals surface area contributed by atoms with Gasteiger partial charge < -0.3 is 5.32 Å². The molecule has 3 aromatic rings. The van der Waals surface area contributed by atoms with Crippen LogP contribution in [0.25, 0.3) is 10.2 Å². The van der Waals surface area contributed by atoms with Crippen LogP contribution in [-0.2, 0) is 4.79 Å². The normalized spacial score (nSPS) is 12.3. The minimum atomic E-state index is -0.599. The molecule has 0 spiro atoms. The van der Waals surface area contributed by atoms with Gasteiger partial charge in [0.15, 0.2) is 0 Å². The Morgan fingerprint density at radius 3 is 2.50 bits per heavy atom. The monoisotopic (exact) mass is 369 g/mol. The lowest BCUT2D eigenvalue weighted by Gasteiger charge is -2.19. The van der Waals surface area contributed by atoms with Gasteiger partial charge in [-0.15, -0.1) is 11.3 Å². The van der Waals surface area contributed by atoms with Gasteiger partial charge in [0.05, 0.1) is 11.7 Å². The van der Waals surface area contributed by atoms with Crippen LogP contribution in [0.1, 0.15) is 41.0 Å². The molecule has 3 rings (SSSR count). The van der Waals surface area contributed by atoms with Gasteiger partial charge in [0.1, 0.15) is 10.9 Å². The van der Waals surface area contributed by atoms with E-state index in [4.69, 9.17) is 0 Å². The Kier molecular flexibility index (Phi) is 4.96. The molecule has 0 aliphatic heterocycles. The predicted molar refractivity (Wildman–Crippen MR) is 107 cm³/mol. The van der Waals surface area contributed by atoms with Crippen molar-refractivity contribution in [2.45, 2.75) is 47.1 Å². The molecule has 2 aromatic heterocycles. The van der Waals surface area contributed by atoms with E-state index >= 15 is 0 Å². The summed E-state index contributed by atoms with van der Waals surface area (Å²) in [6.07, 6.45) is 2.00. The molecular formula is C20H23N3O2S. The van der Waals surface area contributed by atoms with Gasteiger partial charge in [0, 0.05) is 10.6 Å². The van der Waals surface area contributed by atoms with Crippen molar-refractivity contribution in [3.8, 4) is 0 Å². The van der Waals surface area contributed by atoms with E-state index < -0.39 is 6.04 Å². The predicted octanol–water partition coefficient (Wildman–Crippen LogP) is 4.28. The van der Waals surface area contributed by atoms with Crippen molar-refractivity contribution in [3.05, 3.63) is 56.4 Å². The zero-order chi connectivity index (χ0) is 19.0. The summed E-state index contributed by atoms with van der Waals surface area (Å²) < 4.78 is 1.46. The molecule has 0 aliphatic carbocycles. The highest BCUT2D eigenvalue weighted by Gasteiger charge is 2.23. The summed E-state index contributed by atoms with van der Waals surface area (Å²) in [7, 11) is 0. The van der Waals surface area contributed by atoms with Gasteiger partial charge in [0.25, 0.3) is 5.56 Å². The van der Waals surface area contributed by atoms with Crippen molar-refractivity contribution in [1.82, 2.24) is 9.55 Å². The molecule has 1 atom stereocenters. The number of nitrogens with one attached hydrogen (secondary N) is 1. The molecule has 0 saturated carbocycles. The topological polar surface area (TPSA) is 64.0 Å². The first-order valence-corrected chi connectivity index (χ1v) is 9.50. The van der Waals surface area contributed by atoms with Crippen LogP contribution in [0.2, 0.25) is 0 Å². The lowest BCUT2D eigenvalue weighted by molar-refractivity contribution is -0.119. The van der Waals surface area contributed by atoms with Crippen LogP contribution in [-0.4, -0.2) is 15.5 Å². The SMILES string of the molecule is CCC(C(=O)Nc1c(C)cccc1C)n1cnc2sc(C)c(C)c2c1=O. The summed E-state index contributed by atoms with van der Waals surface area (Å²) >= 11 is 1.51. The van der Waals surface area contributed by atoms with Gasteiger partial charge in [-0.3, -0.25) is 14.2 Å². The molecule has 1 N–H and O–H groups in total. The molecule has 2 heterocycles. The molecule has 0 aliphatic rings. The molecular weight excluding hydrogens is 346 g/mol. The van der Waals surface area contributed by atoms with Crippen molar-refractivity contribution in [3.63, 3.8) is 0 Å². The largest absolute Gasteiger partial charge is 0.324 e. The second-order valence-electron chi connectivity index (χ2n) is 6.60. The van der Waals surface area contributed by atoms with E-state index in [9.17, 15) is 9.59 Å². The minimum Gasteiger partial charge on any atom is -0.324 e. The lowest BCUT2D eigenvalue weighted by atomic mass is 10.1. The van der Waals surface area contributed by atoms with Crippen LogP contribution in [0, 0.1) is 27.7 Å². The van der Waals surface area contributed by atoms with Gasteiger partial charge in [-0.25, -0.2) is 4.98 Å². The standard InChI is InChI=1S/C20H23N3O2S/c1-6-15(18(24)22-17-11(2)8-7-9-12(17)3)23-10-21-19-16(20(23)25)13(4)14(5)26-19/h7-10,15H,6H2,1-5H3,(H,22,24). The van der Waals surface area contributed by atoms with Crippen molar-refractivity contribution in [2.24, 2.45) is 0 Å². The third kappa shape index (κ3) is 3.05. The van der Waals surface area contributed by atoms with Gasteiger partial charge in [0.2, 0.25) is 5.91 Å². The van der Waals surface area contributed by atoms with Gasteiger partial charge >= 0.3 is 0 Å². The fraction of sp³-hybridized carbons (Fsp3) is 0.350. The summed E-state index contributed by atoms with van der Waals surface area (Å²) in [6.45, 7) is 9.73. The molecule has 0 fully saturated rings. The number of rotatable bonds is 4. The Bertz CT molecular complexity index is 1030. The smallest absolute Gasteiger partial charge is 0.263 e. The summed E-state index contributed by atoms with van der Waals surface area (Å²) in [5, 5.41) is 3.62. The second-order valence-corrected chi connectivity index (χ2v) is 7.80. The van der Waals surface area contributed by atoms with E-state index in [1.165, 1.54) is 22.2 Å². The molecule has 1 aromatic carbocycles. The molecule has 136 valence electrons. The zero-order valence-electron chi connectivity index (χ0n) is 15.7. The van der Waals surface area contributed by atoms with Gasteiger partial charge in [-0.2, -0.15) is 0 Å². The maximum atomic E-state index is 13.0. The number of amides is 1. The van der Waals surface area contributed by atoms with Crippen molar-refractivity contribution in [1.29, 1.82) is 0 Å². The van der Waals surface area contributed by atoms with Crippen molar-refractivity contribution in [2.75, 3.05) is 5.32 Å². The number of carbonyl (C=O) groups excluding carboxylic acids is 1. The number of aryl methyl sites for hydroxylation is 4. The van der Waals surface area contributed by atoms with Crippen molar-refractivity contribution < 1.29 is 4.79 Å². The van der Waals surface area contributed by atoms with Gasteiger partial charge in [-0.05, 0) is 50.8 Å². The first kappa shape index (κ1) is 18.3. The molecule has 0 bridgehead atoms. The fourth-order valence-electron chi connectivity index (χ4n) is 3.20. The number of hydrogen-bond donors (Lipinski definition) is 1. The highest BCUT2D eigenvalue weighted by Crippen LogP contribution is 2.27. The van der Waals surface area contributed by atoms with E-state index in [0.29, 0.717) is 11.8 Å². The number of aromatic nitrogens is 2. The summed E-state index contributed by atoms with van der Waals surface area (Å²) in [4.78, 5) is 32.2. The molecule has 0 saturated heterocycles. The first-order chi connectivity index (χ1) is 12.3. The zero-order valence-corrected chi connectivity index (χ0v) is 16.5. The Balaban J connectivity index is 2.02. The molecule has 5 nitrogen and oxygen atoms in total. The summed E-state index contributed by atoms with van der Waals surface area (Å²) in [5.41, 5.74) is 3.60. The number of fused-ring (bicyclic) bond motifs is 1. The number of hydrogen-bond acceptors (Lipinski definition) is 4. The third-order valence-corrected chi connectivity index (χ3v) is 5.98. The Labute approximate surface area is 156 Å². The highest BCUT2D eigenvalue weighted by molar-refractivity contribution is 7.18. The van der Waals surface area contributed by atoms with Crippen LogP contribution in [0.5, 0.6) is 0 Å². The average molecular weight is 369 g/mol. The number of para-hydroxylation sites is 1. The van der Waals surface area contributed by atoms with Crippen molar-refractivity contribution >= 4 is 33.1 Å². The number of thiophene rings is 1. The number of carbonyl (C=O) groups is 1. The van der Waals surface area contributed by atoms with Crippen LogP contribution in [0.15, 0.2) is 29.3 Å². The quantitative estimate of drug-likeness (QED) is 0.746. The maximum Gasteiger partial charge on any atom is 0.263 e. The van der Waals surface area contributed by atoms with Crippen LogP contribution < -0.4 is 10.9 Å². The van der Waals surface area contributed by atoms with Crippen LogP contribution >= 0.6 is 11.3 Å². The second kappa shape index (κ2) is 7.03. The molecule has 1 amide bonds. The molecule has 0 radical (unpaired) electrons. The van der Waals surface area contributed by atoms with E-state index in [2.05, 4.69) is 10.3 Å². The number of anilines is 1. The van der Waals surface area contributed by atoms with Crippen LogP contribution in [0.3, 0.4) is 0 Å². The Hall–Kier alpha value is -2.47. The number of nitrogens with zero attached hydrogens (tertiary/aromatic N) is 2. The summed E-state index contributed by atoms with van der Waals surface area (Å²) in [5.74, 6) is -0.197. The molecule has 26 heavy (non-hydrogen) atoms. The highest BCUT2D eigenvalue weighted by atomic mass is 32.1. The lowest BCUT2D eigenvalue weighted by Crippen LogP contribution is -2.33. The molecule has 6 heteroatoms. The first-order valence-electron chi connectivity index (χ1n) is 8.69. The van der Waals surface area contributed by atoms with E-state index in [1.807, 2.05) is 52.8 Å². The van der Waals surface area contributed by atoms with Crippen LogP contribution in [0.4, 0.5) is 5.69 Å². The van der Waals surface area contributed by atoms with E-state index in [0.717, 1.165) is 32.1 Å². The molecule has 1 unspecified atom stereocenters. The summed E-state index contributed by atoms with van der Waals surface area (Å²) in [6, 6.07) is 5.28. The minimum absolute atomic E-state index is 0.152. The average Bonchev–Trinajstić information content (AvgIpc) is 2.89.